The fraction of sp³-hybridized carbons (Fsp3) is 0.176. The number of aromatic nitrogens is 4. The van der Waals surface area contributed by atoms with Gasteiger partial charge in [-0.1, -0.05) is 23.9 Å². The molecule has 24 heavy (non-hydrogen) atoms. The fourth-order valence-electron chi connectivity index (χ4n) is 2.27. The average molecular weight is 339 g/mol. The molecule has 0 fully saturated rings. The number of nitrogens with zero attached hydrogens (tertiary/aromatic N) is 4. The molecule has 0 aliphatic carbocycles. The van der Waals surface area contributed by atoms with Gasteiger partial charge in [0.1, 0.15) is 5.69 Å². The predicted octanol–water partition coefficient (Wildman–Crippen LogP) is 3.00. The van der Waals surface area contributed by atoms with Crippen molar-refractivity contribution in [3.8, 4) is 0 Å². The van der Waals surface area contributed by atoms with Gasteiger partial charge in [0, 0.05) is 23.8 Å². The molecule has 6 nitrogen and oxygen atoms in total. The van der Waals surface area contributed by atoms with Gasteiger partial charge in [0.05, 0.1) is 6.54 Å². The summed E-state index contributed by atoms with van der Waals surface area (Å²) in [6, 6.07) is 11.3. The summed E-state index contributed by atoms with van der Waals surface area (Å²) in [5.41, 5.74) is 2.92. The van der Waals surface area contributed by atoms with Crippen LogP contribution in [-0.4, -0.2) is 31.9 Å². The Morgan fingerprint density at radius 3 is 2.88 bits per heavy atom. The molecular weight excluding hydrogens is 322 g/mol. The van der Waals surface area contributed by atoms with Crippen molar-refractivity contribution in [2.75, 3.05) is 11.6 Å². The first-order chi connectivity index (χ1) is 11.6. The van der Waals surface area contributed by atoms with E-state index in [4.69, 9.17) is 0 Å². The minimum absolute atomic E-state index is 0.243. The van der Waals surface area contributed by atoms with Crippen LogP contribution >= 0.6 is 11.8 Å². The van der Waals surface area contributed by atoms with Crippen molar-refractivity contribution in [3.63, 3.8) is 0 Å². The summed E-state index contributed by atoms with van der Waals surface area (Å²) in [4.78, 5) is 21.0. The molecule has 0 saturated heterocycles. The number of rotatable bonds is 5. The van der Waals surface area contributed by atoms with Crippen LogP contribution in [0.2, 0.25) is 0 Å². The SMILES string of the molecule is CSc1nc(C)cc(C(=O)Nc2cccc(Cn3cccn3)c2)n1. The molecule has 0 aliphatic rings. The van der Waals surface area contributed by atoms with Gasteiger partial charge in [-0.05, 0) is 43.0 Å². The molecule has 0 radical (unpaired) electrons. The minimum atomic E-state index is -0.243. The van der Waals surface area contributed by atoms with Crippen molar-refractivity contribution in [2.45, 2.75) is 18.6 Å². The van der Waals surface area contributed by atoms with Crippen LogP contribution in [0.25, 0.3) is 0 Å². The number of carbonyl (C=O) groups excluding carboxylic acids is 1. The lowest BCUT2D eigenvalue weighted by atomic mass is 10.2. The van der Waals surface area contributed by atoms with Crippen LogP contribution in [0.5, 0.6) is 0 Å². The van der Waals surface area contributed by atoms with E-state index in [1.54, 1.807) is 12.3 Å². The number of carbonyl (C=O) groups is 1. The van der Waals surface area contributed by atoms with Crippen LogP contribution < -0.4 is 5.32 Å². The molecule has 122 valence electrons. The number of hydrogen-bond acceptors (Lipinski definition) is 5. The highest BCUT2D eigenvalue weighted by molar-refractivity contribution is 7.98. The first-order valence-electron chi connectivity index (χ1n) is 7.41. The number of nitrogens with one attached hydrogen (secondary N) is 1. The number of aryl methyl sites for hydroxylation is 1. The van der Waals surface area contributed by atoms with Crippen LogP contribution in [0.15, 0.2) is 53.9 Å². The zero-order chi connectivity index (χ0) is 16.9. The van der Waals surface area contributed by atoms with Crippen molar-refractivity contribution < 1.29 is 4.79 Å². The Balaban J connectivity index is 1.76. The van der Waals surface area contributed by atoms with Crippen LogP contribution in [-0.2, 0) is 6.54 Å². The van der Waals surface area contributed by atoms with E-state index in [9.17, 15) is 4.79 Å². The summed E-state index contributed by atoms with van der Waals surface area (Å²) >= 11 is 1.41. The third-order valence-corrected chi connectivity index (χ3v) is 3.89. The monoisotopic (exact) mass is 339 g/mol. The minimum Gasteiger partial charge on any atom is -0.321 e. The van der Waals surface area contributed by atoms with Crippen molar-refractivity contribution >= 4 is 23.4 Å². The van der Waals surface area contributed by atoms with Crippen LogP contribution in [0.1, 0.15) is 21.7 Å². The maximum Gasteiger partial charge on any atom is 0.274 e. The molecule has 1 aromatic carbocycles. The molecule has 3 aromatic rings. The third kappa shape index (κ3) is 3.99. The van der Waals surface area contributed by atoms with Gasteiger partial charge in [0.2, 0.25) is 0 Å². The number of anilines is 1. The lowest BCUT2D eigenvalue weighted by Gasteiger charge is -2.08. The van der Waals surface area contributed by atoms with Crippen LogP contribution in [0, 0.1) is 6.92 Å². The molecular formula is C17H17N5OS. The zero-order valence-electron chi connectivity index (χ0n) is 13.4. The molecule has 1 N–H and O–H groups in total. The van der Waals surface area contributed by atoms with Gasteiger partial charge in [-0.2, -0.15) is 5.10 Å². The first kappa shape index (κ1) is 16.2. The summed E-state index contributed by atoms with van der Waals surface area (Å²) < 4.78 is 1.83. The van der Waals surface area contributed by atoms with Gasteiger partial charge < -0.3 is 5.32 Å². The molecule has 2 aromatic heterocycles. The van der Waals surface area contributed by atoms with Gasteiger partial charge >= 0.3 is 0 Å². The molecule has 2 heterocycles. The Morgan fingerprint density at radius 2 is 2.12 bits per heavy atom. The van der Waals surface area contributed by atoms with Crippen LogP contribution in [0.3, 0.4) is 0 Å². The average Bonchev–Trinajstić information content (AvgIpc) is 3.07. The second-order valence-electron chi connectivity index (χ2n) is 5.24. The van der Waals surface area contributed by atoms with E-state index < -0.39 is 0 Å². The van der Waals surface area contributed by atoms with E-state index in [2.05, 4.69) is 20.4 Å². The van der Waals surface area contributed by atoms with Crippen molar-refractivity contribution in [1.29, 1.82) is 0 Å². The number of hydrogen-bond donors (Lipinski definition) is 1. The van der Waals surface area contributed by atoms with E-state index in [0.717, 1.165) is 16.9 Å². The topological polar surface area (TPSA) is 72.7 Å². The van der Waals surface area contributed by atoms with E-state index in [0.29, 0.717) is 17.4 Å². The Labute approximate surface area is 144 Å². The molecule has 3 rings (SSSR count). The van der Waals surface area contributed by atoms with E-state index >= 15 is 0 Å². The second-order valence-corrected chi connectivity index (χ2v) is 6.01. The smallest absolute Gasteiger partial charge is 0.274 e. The van der Waals surface area contributed by atoms with Gasteiger partial charge in [-0.3, -0.25) is 9.48 Å². The van der Waals surface area contributed by atoms with Gasteiger partial charge in [0.15, 0.2) is 5.16 Å². The summed E-state index contributed by atoms with van der Waals surface area (Å²) in [7, 11) is 0. The number of amides is 1. The molecule has 1 amide bonds. The molecule has 0 atom stereocenters. The Bertz CT molecular complexity index is 848. The highest BCUT2D eigenvalue weighted by atomic mass is 32.2. The standard InChI is InChI=1S/C17H17N5OS/c1-12-9-15(21-17(19-12)24-2)16(23)20-14-6-3-5-13(10-14)11-22-8-4-7-18-22/h3-10H,11H2,1-2H3,(H,20,23). The van der Waals surface area contributed by atoms with Crippen molar-refractivity contribution in [2.24, 2.45) is 0 Å². The van der Waals surface area contributed by atoms with Gasteiger partial charge in [-0.25, -0.2) is 9.97 Å². The summed E-state index contributed by atoms with van der Waals surface area (Å²) in [5.74, 6) is -0.243. The lowest BCUT2D eigenvalue weighted by molar-refractivity contribution is 0.102. The predicted molar refractivity (Wildman–Crippen MR) is 94.3 cm³/mol. The van der Waals surface area contributed by atoms with Gasteiger partial charge in [0.25, 0.3) is 5.91 Å². The molecule has 0 unspecified atom stereocenters. The first-order valence-corrected chi connectivity index (χ1v) is 8.64. The number of benzene rings is 1. The zero-order valence-corrected chi connectivity index (χ0v) is 14.2. The van der Waals surface area contributed by atoms with E-state index in [1.807, 2.05) is 54.4 Å². The Kier molecular flexibility index (Phi) is 4.90. The summed E-state index contributed by atoms with van der Waals surface area (Å²) in [5, 5.41) is 7.67. The Morgan fingerprint density at radius 1 is 1.25 bits per heavy atom. The molecule has 7 heteroatoms. The quantitative estimate of drug-likeness (QED) is 0.571. The van der Waals surface area contributed by atoms with Gasteiger partial charge in [-0.15, -0.1) is 0 Å². The van der Waals surface area contributed by atoms with Crippen molar-refractivity contribution in [1.82, 2.24) is 19.7 Å². The highest BCUT2D eigenvalue weighted by Gasteiger charge is 2.11. The molecule has 0 spiro atoms. The lowest BCUT2D eigenvalue weighted by Crippen LogP contribution is -2.15. The maximum absolute atomic E-state index is 12.4. The molecule has 0 bridgehead atoms. The van der Waals surface area contributed by atoms with Crippen molar-refractivity contribution in [3.05, 3.63) is 65.7 Å². The third-order valence-electron chi connectivity index (χ3n) is 3.34. The second kappa shape index (κ2) is 7.27. The summed E-state index contributed by atoms with van der Waals surface area (Å²) in [6.45, 7) is 2.50. The highest BCUT2D eigenvalue weighted by Crippen LogP contribution is 2.15. The van der Waals surface area contributed by atoms with E-state index in [1.165, 1.54) is 11.8 Å². The fourth-order valence-corrected chi connectivity index (χ4v) is 2.70. The van der Waals surface area contributed by atoms with E-state index in [-0.39, 0.29) is 5.91 Å². The Hall–Kier alpha value is -2.67. The van der Waals surface area contributed by atoms with Crippen LogP contribution in [0.4, 0.5) is 5.69 Å². The number of thioether (sulfide) groups is 1. The summed E-state index contributed by atoms with van der Waals surface area (Å²) in [6.07, 6.45) is 5.53. The molecule has 0 aliphatic heterocycles. The normalized spacial score (nSPS) is 10.6. The molecule has 0 saturated carbocycles. The maximum atomic E-state index is 12.4. The largest absolute Gasteiger partial charge is 0.321 e.